The predicted molar refractivity (Wildman–Crippen MR) is 211 cm³/mol. The minimum absolute atomic E-state index is 0.0978. The van der Waals surface area contributed by atoms with Gasteiger partial charge in [-0.25, -0.2) is 0 Å². The Balaban J connectivity index is 1.31. The third-order valence-corrected chi connectivity index (χ3v) is 13.1. The van der Waals surface area contributed by atoms with Gasteiger partial charge in [-0.1, -0.05) is 0 Å². The van der Waals surface area contributed by atoms with Gasteiger partial charge in [-0.05, 0) is 0 Å². The zero-order valence-corrected chi connectivity index (χ0v) is 29.2. The van der Waals surface area contributed by atoms with Crippen LogP contribution >= 0.6 is 0 Å². The van der Waals surface area contributed by atoms with Gasteiger partial charge in [0.25, 0.3) is 0 Å². The maximum absolute atomic E-state index is 2.54. The van der Waals surface area contributed by atoms with Crippen LogP contribution in [0.25, 0.3) is 63.1 Å². The summed E-state index contributed by atoms with van der Waals surface area (Å²) < 4.78 is 2.94. The Kier molecular flexibility index (Phi) is 6.31. The molecule has 0 saturated carbocycles. The SMILES string of the molecule is CC1(C)c2ccccc2-c2ccc(N(c3cccc(-c4ccccc4)c3)c3cc4ccc5ccccc5c4c4[se]c5ccccc5c34)cc21. The number of benzene rings is 8. The summed E-state index contributed by atoms with van der Waals surface area (Å²) in [5.41, 5.74) is 11.4. The fourth-order valence-corrected chi connectivity index (χ4v) is 11.0. The van der Waals surface area contributed by atoms with Gasteiger partial charge in [0, 0.05) is 0 Å². The van der Waals surface area contributed by atoms with Crippen LogP contribution in [0.1, 0.15) is 25.0 Å². The zero-order valence-electron chi connectivity index (χ0n) is 27.4. The Morgan fingerprint density at radius 1 is 0.469 bits per heavy atom. The molecule has 232 valence electrons. The van der Waals surface area contributed by atoms with Crippen LogP contribution in [-0.2, 0) is 5.41 Å². The van der Waals surface area contributed by atoms with E-state index in [9.17, 15) is 0 Å². The fourth-order valence-electron chi connectivity index (χ4n) is 8.25. The minimum atomic E-state index is -0.0978. The van der Waals surface area contributed by atoms with E-state index in [2.05, 4.69) is 183 Å². The second-order valence-electron chi connectivity index (χ2n) is 13.7. The van der Waals surface area contributed by atoms with Crippen LogP contribution in [0.5, 0.6) is 0 Å². The Labute approximate surface area is 292 Å². The van der Waals surface area contributed by atoms with E-state index < -0.39 is 0 Å². The number of hydrogen-bond donors (Lipinski definition) is 0. The van der Waals surface area contributed by atoms with Crippen LogP contribution in [0.3, 0.4) is 0 Å². The molecule has 0 N–H and O–H groups in total. The van der Waals surface area contributed by atoms with Crippen molar-refractivity contribution in [1.82, 2.24) is 0 Å². The van der Waals surface area contributed by atoms with Gasteiger partial charge in [0.1, 0.15) is 0 Å². The second-order valence-corrected chi connectivity index (χ2v) is 15.9. The summed E-state index contributed by atoms with van der Waals surface area (Å²) in [6.07, 6.45) is 0. The molecule has 49 heavy (non-hydrogen) atoms. The molecule has 0 amide bonds. The van der Waals surface area contributed by atoms with E-state index in [1.807, 2.05) is 0 Å². The van der Waals surface area contributed by atoms with Gasteiger partial charge in [0.05, 0.1) is 0 Å². The van der Waals surface area contributed by atoms with Crippen molar-refractivity contribution in [2.75, 3.05) is 4.90 Å². The summed E-state index contributed by atoms with van der Waals surface area (Å²) in [5.74, 6) is 0. The first kappa shape index (κ1) is 28.6. The Morgan fingerprint density at radius 3 is 2.06 bits per heavy atom. The molecule has 1 aliphatic rings. The van der Waals surface area contributed by atoms with Gasteiger partial charge in [-0.15, -0.1) is 0 Å². The summed E-state index contributed by atoms with van der Waals surface area (Å²) in [5, 5.41) is 8.06. The van der Waals surface area contributed by atoms with Crippen LogP contribution in [0, 0.1) is 0 Å². The van der Waals surface area contributed by atoms with Crippen LogP contribution in [0.15, 0.2) is 164 Å². The molecule has 0 atom stereocenters. The first-order valence-electron chi connectivity index (χ1n) is 17.0. The predicted octanol–water partition coefficient (Wildman–Crippen LogP) is 12.8. The van der Waals surface area contributed by atoms with Crippen molar-refractivity contribution in [1.29, 1.82) is 0 Å². The molecule has 0 saturated heterocycles. The van der Waals surface area contributed by atoms with Gasteiger partial charge in [0.15, 0.2) is 0 Å². The molecule has 0 fully saturated rings. The van der Waals surface area contributed by atoms with E-state index in [4.69, 9.17) is 0 Å². The Hall–Kier alpha value is -5.40. The average Bonchev–Trinajstić information content (AvgIpc) is 3.65. The van der Waals surface area contributed by atoms with Crippen LogP contribution in [-0.4, -0.2) is 14.5 Å². The van der Waals surface area contributed by atoms with E-state index in [1.165, 1.54) is 85.6 Å². The number of rotatable bonds is 4. The topological polar surface area (TPSA) is 3.24 Å². The molecule has 0 aliphatic heterocycles. The van der Waals surface area contributed by atoms with Crippen molar-refractivity contribution >= 4 is 72.4 Å². The van der Waals surface area contributed by atoms with Crippen molar-refractivity contribution in [2.24, 2.45) is 0 Å². The van der Waals surface area contributed by atoms with E-state index in [0.717, 1.165) is 5.69 Å². The van der Waals surface area contributed by atoms with Crippen molar-refractivity contribution in [3.63, 3.8) is 0 Å². The molecule has 0 radical (unpaired) electrons. The maximum atomic E-state index is 2.54. The third-order valence-electron chi connectivity index (χ3n) is 10.6. The number of hydrogen-bond acceptors (Lipinski definition) is 1. The van der Waals surface area contributed by atoms with Crippen LogP contribution in [0.2, 0.25) is 0 Å². The first-order valence-corrected chi connectivity index (χ1v) is 18.7. The van der Waals surface area contributed by atoms with E-state index >= 15 is 0 Å². The second kappa shape index (κ2) is 10.8. The van der Waals surface area contributed by atoms with Gasteiger partial charge >= 0.3 is 294 Å². The molecule has 0 bridgehead atoms. The zero-order chi connectivity index (χ0) is 32.7. The van der Waals surface area contributed by atoms with E-state index in [1.54, 1.807) is 0 Å². The summed E-state index contributed by atoms with van der Waals surface area (Å²) in [4.78, 5) is 2.54. The standard InChI is InChI=1S/C47H33NSe/c1-47(2)40-21-10-8-19-37(40)38-26-25-35(29-41(38)47)48(34-17-12-16-32(27-34)30-13-4-3-5-14-30)42-28-33-24-23-31-15-6-7-18-36(31)44(33)46-45(42)39-20-9-11-22-43(39)49-46/h3-29H,1-2H3. The van der Waals surface area contributed by atoms with E-state index in [-0.39, 0.29) is 19.9 Å². The van der Waals surface area contributed by atoms with Crippen molar-refractivity contribution < 1.29 is 0 Å². The average molecular weight is 691 g/mol. The summed E-state index contributed by atoms with van der Waals surface area (Å²) >= 11 is 0.184. The van der Waals surface area contributed by atoms with Crippen molar-refractivity contribution in [3.05, 3.63) is 175 Å². The van der Waals surface area contributed by atoms with Gasteiger partial charge in [0.2, 0.25) is 0 Å². The summed E-state index contributed by atoms with van der Waals surface area (Å²) in [6.45, 7) is 4.75. The molecular formula is C47H33NSe. The molecule has 1 aliphatic carbocycles. The Morgan fingerprint density at radius 2 is 1.16 bits per heavy atom. The molecule has 10 rings (SSSR count). The summed E-state index contributed by atoms with van der Waals surface area (Å²) in [7, 11) is 0. The van der Waals surface area contributed by atoms with Gasteiger partial charge in [-0.3, -0.25) is 0 Å². The molecular weight excluding hydrogens is 657 g/mol. The van der Waals surface area contributed by atoms with Gasteiger partial charge < -0.3 is 0 Å². The first-order chi connectivity index (χ1) is 24.1. The van der Waals surface area contributed by atoms with Crippen LogP contribution < -0.4 is 4.90 Å². The monoisotopic (exact) mass is 691 g/mol. The number of fused-ring (bicyclic) bond motifs is 10. The van der Waals surface area contributed by atoms with Gasteiger partial charge in [-0.2, -0.15) is 0 Å². The molecule has 1 nitrogen and oxygen atoms in total. The molecule has 1 aromatic heterocycles. The Bertz CT molecular complexity index is 2750. The van der Waals surface area contributed by atoms with Crippen molar-refractivity contribution in [2.45, 2.75) is 19.3 Å². The number of anilines is 3. The summed E-state index contributed by atoms with van der Waals surface area (Å²) in [6, 6.07) is 61.0. The molecule has 2 heteroatoms. The molecule has 9 aromatic rings. The quantitative estimate of drug-likeness (QED) is 0.131. The van der Waals surface area contributed by atoms with Crippen LogP contribution in [0.4, 0.5) is 17.1 Å². The fraction of sp³-hybridized carbons (Fsp3) is 0.0638. The number of nitrogens with zero attached hydrogens (tertiary/aromatic N) is 1. The molecule has 0 unspecified atom stereocenters. The van der Waals surface area contributed by atoms with Crippen molar-refractivity contribution in [3.8, 4) is 22.3 Å². The molecule has 0 spiro atoms. The third kappa shape index (κ3) is 4.31. The van der Waals surface area contributed by atoms with E-state index in [0.29, 0.717) is 0 Å². The molecule has 1 heterocycles. The molecule has 8 aromatic carbocycles. The normalized spacial score (nSPS) is 13.3.